The van der Waals surface area contributed by atoms with Crippen LogP contribution in [0.25, 0.3) is 0 Å². The van der Waals surface area contributed by atoms with Gasteiger partial charge in [0.1, 0.15) is 0 Å². The van der Waals surface area contributed by atoms with Gasteiger partial charge in [-0.3, -0.25) is 0 Å². The van der Waals surface area contributed by atoms with Crippen LogP contribution in [0.5, 0.6) is 0 Å². The minimum Gasteiger partial charge on any atom is -0.339 e. The average Bonchev–Trinajstić information content (AvgIpc) is 2.99. The third-order valence-corrected chi connectivity index (χ3v) is 4.01. The van der Waals surface area contributed by atoms with Crippen LogP contribution < -0.4 is 5.73 Å². The molecule has 4 heteroatoms. The zero-order chi connectivity index (χ0) is 13.4. The van der Waals surface area contributed by atoms with Gasteiger partial charge >= 0.3 is 0 Å². The molecule has 0 saturated heterocycles. The molecule has 0 amide bonds. The van der Waals surface area contributed by atoms with E-state index in [1.165, 1.54) is 0 Å². The first-order valence-corrected chi connectivity index (χ1v) is 6.81. The lowest BCUT2D eigenvalue weighted by Gasteiger charge is -2.16. The molecule has 4 nitrogen and oxygen atoms in total. The van der Waals surface area contributed by atoms with E-state index in [1.54, 1.807) is 0 Å². The molecule has 1 heterocycles. The van der Waals surface area contributed by atoms with E-state index < -0.39 is 0 Å². The topological polar surface area (TPSA) is 64.9 Å². The summed E-state index contributed by atoms with van der Waals surface area (Å²) in [5, 5.41) is 4.08. The molecule has 2 N–H and O–H groups in total. The summed E-state index contributed by atoms with van der Waals surface area (Å²) < 4.78 is 5.38. The van der Waals surface area contributed by atoms with Crippen LogP contribution in [-0.4, -0.2) is 10.1 Å². The van der Waals surface area contributed by atoms with Gasteiger partial charge in [-0.25, -0.2) is 0 Å². The van der Waals surface area contributed by atoms with Crippen molar-refractivity contribution in [3.63, 3.8) is 0 Å². The van der Waals surface area contributed by atoms with Gasteiger partial charge in [0.2, 0.25) is 5.89 Å². The zero-order valence-corrected chi connectivity index (χ0v) is 11.3. The predicted octanol–water partition coefficient (Wildman–Crippen LogP) is 3.00. The summed E-state index contributed by atoms with van der Waals surface area (Å²) in [7, 11) is 0. The summed E-state index contributed by atoms with van der Waals surface area (Å²) in [6.07, 6.45) is 1.16. The third-order valence-electron chi connectivity index (χ3n) is 4.01. The highest BCUT2D eigenvalue weighted by Gasteiger charge is 2.38. The Bertz CT molecular complexity index is 552. The Balaban J connectivity index is 1.76. The van der Waals surface area contributed by atoms with Crippen LogP contribution >= 0.6 is 0 Å². The second-order valence-electron chi connectivity index (χ2n) is 5.54. The monoisotopic (exact) mass is 257 g/mol. The van der Waals surface area contributed by atoms with E-state index in [1.807, 2.05) is 37.3 Å². The van der Waals surface area contributed by atoms with Gasteiger partial charge in [0, 0.05) is 12.0 Å². The maximum absolute atomic E-state index is 6.27. The molecular formula is C15H19N3O. The van der Waals surface area contributed by atoms with E-state index in [4.69, 9.17) is 10.3 Å². The quantitative estimate of drug-likeness (QED) is 0.914. The minimum atomic E-state index is -0.119. The van der Waals surface area contributed by atoms with Gasteiger partial charge in [0.05, 0.1) is 5.92 Å². The average molecular weight is 257 g/mol. The van der Waals surface area contributed by atoms with Crippen molar-refractivity contribution in [3.8, 4) is 0 Å². The highest BCUT2D eigenvalue weighted by atomic mass is 16.5. The maximum atomic E-state index is 6.27. The molecule has 0 aliphatic heterocycles. The van der Waals surface area contributed by atoms with Gasteiger partial charge in [-0.2, -0.15) is 4.98 Å². The summed E-state index contributed by atoms with van der Waals surface area (Å²) in [6.45, 7) is 4.24. The standard InChI is InChI=1S/C15H19N3O/c1-9-8-12(9)14-17-15(19-18-14)10(2)13(16)11-6-4-3-5-7-11/h3-7,9-10,12-13H,8,16H2,1-2H3. The van der Waals surface area contributed by atoms with Gasteiger partial charge in [-0.1, -0.05) is 49.3 Å². The SMILES string of the molecule is CC1CC1c1noc(C(C)C(N)c2ccccc2)n1. The number of hydrogen-bond donors (Lipinski definition) is 1. The molecule has 100 valence electrons. The van der Waals surface area contributed by atoms with Crippen LogP contribution in [0.2, 0.25) is 0 Å². The second kappa shape index (κ2) is 4.78. The number of hydrogen-bond acceptors (Lipinski definition) is 4. The molecule has 1 aliphatic carbocycles. The van der Waals surface area contributed by atoms with Crippen LogP contribution in [0.3, 0.4) is 0 Å². The molecule has 1 saturated carbocycles. The summed E-state index contributed by atoms with van der Waals surface area (Å²) in [5.41, 5.74) is 7.36. The van der Waals surface area contributed by atoms with Gasteiger partial charge in [0.25, 0.3) is 0 Å². The van der Waals surface area contributed by atoms with Crippen molar-refractivity contribution in [3.05, 3.63) is 47.6 Å². The molecule has 19 heavy (non-hydrogen) atoms. The number of rotatable bonds is 4. The highest BCUT2D eigenvalue weighted by Crippen LogP contribution is 2.45. The van der Waals surface area contributed by atoms with Crippen molar-refractivity contribution in [2.24, 2.45) is 11.7 Å². The Kier molecular flexibility index (Phi) is 3.11. The molecule has 0 spiro atoms. The predicted molar refractivity (Wildman–Crippen MR) is 72.6 cm³/mol. The fraction of sp³-hybridized carbons (Fsp3) is 0.467. The first-order chi connectivity index (χ1) is 9.16. The number of benzene rings is 1. The number of nitrogens with two attached hydrogens (primary N) is 1. The van der Waals surface area contributed by atoms with Crippen molar-refractivity contribution in [2.75, 3.05) is 0 Å². The highest BCUT2D eigenvalue weighted by molar-refractivity contribution is 5.21. The Morgan fingerprint density at radius 1 is 1.32 bits per heavy atom. The van der Waals surface area contributed by atoms with Gasteiger partial charge in [0.15, 0.2) is 5.82 Å². The fourth-order valence-corrected chi connectivity index (χ4v) is 2.38. The van der Waals surface area contributed by atoms with Crippen molar-refractivity contribution in [1.82, 2.24) is 10.1 Å². The van der Waals surface area contributed by atoms with Gasteiger partial charge in [-0.15, -0.1) is 0 Å². The summed E-state index contributed by atoms with van der Waals surface area (Å²) in [4.78, 5) is 4.51. The molecule has 0 radical (unpaired) electrons. The summed E-state index contributed by atoms with van der Waals surface area (Å²) >= 11 is 0. The third kappa shape index (κ3) is 2.40. The molecule has 1 fully saturated rings. The largest absolute Gasteiger partial charge is 0.339 e. The Morgan fingerprint density at radius 3 is 2.63 bits per heavy atom. The Hall–Kier alpha value is -1.68. The number of aromatic nitrogens is 2. The number of nitrogens with zero attached hydrogens (tertiary/aromatic N) is 2. The van der Waals surface area contributed by atoms with Crippen LogP contribution in [0.15, 0.2) is 34.9 Å². The van der Waals surface area contributed by atoms with Crippen molar-refractivity contribution < 1.29 is 4.52 Å². The molecular weight excluding hydrogens is 238 g/mol. The molecule has 4 atom stereocenters. The fourth-order valence-electron chi connectivity index (χ4n) is 2.38. The lowest BCUT2D eigenvalue weighted by molar-refractivity contribution is 0.340. The van der Waals surface area contributed by atoms with Crippen molar-refractivity contribution in [2.45, 2.75) is 38.1 Å². The molecule has 4 unspecified atom stereocenters. The minimum absolute atomic E-state index is 0.0257. The normalized spacial score (nSPS) is 25.0. The summed E-state index contributed by atoms with van der Waals surface area (Å²) in [5.74, 6) is 2.68. The van der Waals surface area contributed by atoms with Gasteiger partial charge in [-0.05, 0) is 17.9 Å². The van der Waals surface area contributed by atoms with E-state index in [0.29, 0.717) is 17.7 Å². The van der Waals surface area contributed by atoms with Gasteiger partial charge < -0.3 is 10.3 Å². The Morgan fingerprint density at radius 2 is 2.00 bits per heavy atom. The van der Waals surface area contributed by atoms with Crippen molar-refractivity contribution in [1.29, 1.82) is 0 Å². The molecule has 2 aromatic rings. The smallest absolute Gasteiger partial charge is 0.231 e. The van der Waals surface area contributed by atoms with Crippen molar-refractivity contribution >= 4 is 0 Å². The van der Waals surface area contributed by atoms with Crippen LogP contribution in [0.4, 0.5) is 0 Å². The van der Waals surface area contributed by atoms with Crippen LogP contribution in [0.1, 0.15) is 55.4 Å². The van der Waals surface area contributed by atoms with E-state index in [0.717, 1.165) is 17.8 Å². The lowest BCUT2D eigenvalue weighted by Crippen LogP contribution is -2.17. The first-order valence-electron chi connectivity index (χ1n) is 6.81. The molecule has 1 aromatic carbocycles. The van der Waals surface area contributed by atoms with E-state index in [9.17, 15) is 0 Å². The molecule has 1 aromatic heterocycles. The van der Waals surface area contributed by atoms with Crippen LogP contribution in [0, 0.1) is 5.92 Å². The lowest BCUT2D eigenvalue weighted by atomic mass is 9.95. The van der Waals surface area contributed by atoms with E-state index in [-0.39, 0.29) is 12.0 Å². The van der Waals surface area contributed by atoms with E-state index in [2.05, 4.69) is 17.1 Å². The Labute approximate surface area is 113 Å². The van der Waals surface area contributed by atoms with Crippen LogP contribution in [-0.2, 0) is 0 Å². The first kappa shape index (κ1) is 12.4. The zero-order valence-electron chi connectivity index (χ0n) is 11.3. The molecule has 1 aliphatic rings. The molecule has 3 rings (SSSR count). The summed E-state index contributed by atoms with van der Waals surface area (Å²) in [6, 6.07) is 9.91. The molecule has 0 bridgehead atoms. The second-order valence-corrected chi connectivity index (χ2v) is 5.54. The van der Waals surface area contributed by atoms with E-state index >= 15 is 0 Å². The maximum Gasteiger partial charge on any atom is 0.231 e.